The lowest BCUT2D eigenvalue weighted by atomic mass is 10.2. The zero-order chi connectivity index (χ0) is 9.84. The molecule has 1 N–H and O–H groups in total. The van der Waals surface area contributed by atoms with Gasteiger partial charge in [0.1, 0.15) is 0 Å². The molecule has 4 nitrogen and oxygen atoms in total. The fraction of sp³-hybridized carbons (Fsp3) is 0.667. The molecule has 0 radical (unpaired) electrons. The average molecular weight is 185 g/mol. The maximum atomic E-state index is 10.3. The third kappa shape index (κ3) is 3.46. The van der Waals surface area contributed by atoms with Crippen molar-refractivity contribution in [1.29, 1.82) is 0 Å². The van der Waals surface area contributed by atoms with Crippen LogP contribution in [0.1, 0.15) is 13.8 Å². The van der Waals surface area contributed by atoms with Crippen LogP contribution >= 0.6 is 0 Å². The minimum Gasteiger partial charge on any atom is -0.478 e. The Balaban J connectivity index is 2.46. The molecule has 13 heavy (non-hydrogen) atoms. The van der Waals surface area contributed by atoms with Gasteiger partial charge in [-0.2, -0.15) is 0 Å². The van der Waals surface area contributed by atoms with Gasteiger partial charge in [-0.05, 0) is 13.8 Å². The first kappa shape index (κ1) is 10.1. The van der Waals surface area contributed by atoms with Crippen molar-refractivity contribution in [3.05, 3.63) is 12.3 Å². The molecule has 0 saturated carbocycles. The third-order valence-corrected chi connectivity index (χ3v) is 1.88. The highest BCUT2D eigenvalue weighted by Gasteiger charge is 2.19. The summed E-state index contributed by atoms with van der Waals surface area (Å²) in [6.45, 7) is 5.48. The molecule has 0 bridgehead atoms. The number of carboxylic acid groups (broad SMARTS) is 1. The molecule has 0 amide bonds. The summed E-state index contributed by atoms with van der Waals surface area (Å²) in [5, 5.41) is 8.43. The predicted octanol–water partition coefficient (Wildman–Crippen LogP) is 0.694. The standard InChI is InChI=1S/C9H15NO3/c1-7-5-10(4-3-9(11)12)6-8(2)13-7/h3-4,7-8H,5-6H2,1-2H3,(H,11,12). The maximum Gasteiger partial charge on any atom is 0.329 e. The molecule has 2 atom stereocenters. The van der Waals surface area contributed by atoms with Crippen LogP contribution in [-0.2, 0) is 9.53 Å². The molecule has 0 aromatic heterocycles. The summed E-state index contributed by atoms with van der Waals surface area (Å²) in [7, 11) is 0. The normalized spacial score (nSPS) is 29.5. The van der Waals surface area contributed by atoms with Gasteiger partial charge in [-0.1, -0.05) is 0 Å². The summed E-state index contributed by atoms with van der Waals surface area (Å²) in [6.07, 6.45) is 3.10. The zero-order valence-electron chi connectivity index (χ0n) is 7.93. The Kier molecular flexibility index (Phi) is 3.31. The first-order valence-corrected chi connectivity index (χ1v) is 4.38. The zero-order valence-corrected chi connectivity index (χ0v) is 7.93. The van der Waals surface area contributed by atoms with Gasteiger partial charge in [0.15, 0.2) is 0 Å². The third-order valence-electron chi connectivity index (χ3n) is 1.88. The number of hydrogen-bond donors (Lipinski definition) is 1. The molecule has 0 aromatic carbocycles. The molecular formula is C9H15NO3. The van der Waals surface area contributed by atoms with Crippen molar-refractivity contribution in [1.82, 2.24) is 4.90 Å². The van der Waals surface area contributed by atoms with Crippen molar-refractivity contribution in [2.45, 2.75) is 26.1 Å². The number of rotatable bonds is 2. The first-order valence-electron chi connectivity index (χ1n) is 4.38. The summed E-state index contributed by atoms with van der Waals surface area (Å²) in [6, 6.07) is 0. The van der Waals surface area contributed by atoms with Crippen molar-refractivity contribution < 1.29 is 14.6 Å². The van der Waals surface area contributed by atoms with Gasteiger partial charge in [0.05, 0.1) is 12.2 Å². The second-order valence-electron chi connectivity index (χ2n) is 3.37. The number of nitrogens with zero attached hydrogens (tertiary/aromatic N) is 1. The maximum absolute atomic E-state index is 10.3. The van der Waals surface area contributed by atoms with E-state index in [2.05, 4.69) is 0 Å². The summed E-state index contributed by atoms with van der Waals surface area (Å²) in [4.78, 5) is 12.2. The van der Waals surface area contributed by atoms with Crippen molar-refractivity contribution in [2.75, 3.05) is 13.1 Å². The summed E-state index contributed by atoms with van der Waals surface area (Å²) < 4.78 is 5.50. The van der Waals surface area contributed by atoms with Crippen LogP contribution in [0.4, 0.5) is 0 Å². The Labute approximate surface area is 77.8 Å². The molecule has 4 heteroatoms. The van der Waals surface area contributed by atoms with E-state index in [-0.39, 0.29) is 12.2 Å². The molecule has 0 spiro atoms. The van der Waals surface area contributed by atoms with Gasteiger partial charge in [0.25, 0.3) is 0 Å². The lowest BCUT2D eigenvalue weighted by Crippen LogP contribution is -2.42. The van der Waals surface area contributed by atoms with E-state index in [1.165, 1.54) is 0 Å². The smallest absolute Gasteiger partial charge is 0.329 e. The second kappa shape index (κ2) is 4.28. The molecule has 1 saturated heterocycles. The van der Waals surface area contributed by atoms with Crippen LogP contribution in [0.25, 0.3) is 0 Å². The monoisotopic (exact) mass is 185 g/mol. The molecule has 1 rings (SSSR count). The van der Waals surface area contributed by atoms with E-state index in [4.69, 9.17) is 9.84 Å². The van der Waals surface area contributed by atoms with Gasteiger partial charge in [0.2, 0.25) is 0 Å². The highest BCUT2D eigenvalue weighted by molar-refractivity contribution is 5.79. The Morgan fingerprint density at radius 1 is 1.46 bits per heavy atom. The van der Waals surface area contributed by atoms with Crippen LogP contribution in [0.3, 0.4) is 0 Å². The van der Waals surface area contributed by atoms with Crippen LogP contribution in [0.2, 0.25) is 0 Å². The Morgan fingerprint density at radius 2 is 2.00 bits per heavy atom. The summed E-state index contributed by atoms with van der Waals surface area (Å²) in [5.41, 5.74) is 0. The lowest BCUT2D eigenvalue weighted by molar-refractivity contribution is -0.131. The number of ether oxygens (including phenoxy) is 1. The second-order valence-corrected chi connectivity index (χ2v) is 3.37. The van der Waals surface area contributed by atoms with Crippen molar-refractivity contribution in [3.63, 3.8) is 0 Å². The molecule has 1 heterocycles. The Morgan fingerprint density at radius 3 is 2.46 bits per heavy atom. The fourth-order valence-electron chi connectivity index (χ4n) is 1.51. The summed E-state index contributed by atoms with van der Waals surface area (Å²) >= 11 is 0. The van der Waals surface area contributed by atoms with Crippen molar-refractivity contribution in [2.24, 2.45) is 0 Å². The minimum absolute atomic E-state index is 0.169. The SMILES string of the molecule is CC1CN(C=CC(=O)O)CC(C)O1. The summed E-state index contributed by atoms with van der Waals surface area (Å²) in [5.74, 6) is -0.910. The van der Waals surface area contributed by atoms with Crippen LogP contribution in [0.5, 0.6) is 0 Å². The quantitative estimate of drug-likeness (QED) is 0.643. The molecular weight excluding hydrogens is 170 g/mol. The Hall–Kier alpha value is -1.03. The van der Waals surface area contributed by atoms with Crippen LogP contribution in [0.15, 0.2) is 12.3 Å². The lowest BCUT2D eigenvalue weighted by Gasteiger charge is -2.34. The average Bonchev–Trinajstić information content (AvgIpc) is 1.99. The fourth-order valence-corrected chi connectivity index (χ4v) is 1.51. The van der Waals surface area contributed by atoms with Crippen LogP contribution in [0, 0.1) is 0 Å². The molecule has 0 aromatic rings. The molecule has 1 aliphatic rings. The van der Waals surface area contributed by atoms with Gasteiger partial charge in [-0.3, -0.25) is 0 Å². The number of carbonyl (C=O) groups is 1. The first-order chi connectivity index (χ1) is 6.08. The number of morpholine rings is 1. The van der Waals surface area contributed by atoms with Gasteiger partial charge in [-0.25, -0.2) is 4.79 Å². The number of carboxylic acids is 1. The largest absolute Gasteiger partial charge is 0.478 e. The van der Waals surface area contributed by atoms with E-state index in [0.717, 1.165) is 19.2 Å². The van der Waals surface area contributed by atoms with E-state index >= 15 is 0 Å². The van der Waals surface area contributed by atoms with Crippen molar-refractivity contribution in [3.8, 4) is 0 Å². The van der Waals surface area contributed by atoms with E-state index in [1.807, 2.05) is 18.7 Å². The van der Waals surface area contributed by atoms with Gasteiger partial charge in [0, 0.05) is 25.4 Å². The van der Waals surface area contributed by atoms with Crippen molar-refractivity contribution >= 4 is 5.97 Å². The van der Waals surface area contributed by atoms with Crippen LogP contribution < -0.4 is 0 Å². The van der Waals surface area contributed by atoms with E-state index in [1.54, 1.807) is 6.20 Å². The van der Waals surface area contributed by atoms with E-state index in [9.17, 15) is 4.79 Å². The highest BCUT2D eigenvalue weighted by atomic mass is 16.5. The number of hydrogen-bond acceptors (Lipinski definition) is 3. The topological polar surface area (TPSA) is 49.8 Å². The Bertz CT molecular complexity index is 205. The van der Waals surface area contributed by atoms with Gasteiger partial charge < -0.3 is 14.7 Å². The molecule has 1 fully saturated rings. The predicted molar refractivity (Wildman–Crippen MR) is 48.4 cm³/mol. The van der Waals surface area contributed by atoms with E-state index in [0.29, 0.717) is 0 Å². The minimum atomic E-state index is -0.910. The van der Waals surface area contributed by atoms with Gasteiger partial charge >= 0.3 is 5.97 Å². The molecule has 74 valence electrons. The number of aliphatic carboxylic acids is 1. The van der Waals surface area contributed by atoms with Crippen LogP contribution in [-0.4, -0.2) is 41.3 Å². The van der Waals surface area contributed by atoms with Gasteiger partial charge in [-0.15, -0.1) is 0 Å². The molecule has 2 unspecified atom stereocenters. The molecule has 0 aliphatic carbocycles. The molecule has 1 aliphatic heterocycles. The van der Waals surface area contributed by atoms with E-state index < -0.39 is 5.97 Å². The highest BCUT2D eigenvalue weighted by Crippen LogP contribution is 2.10.